The van der Waals surface area contributed by atoms with E-state index in [1.54, 1.807) is 11.3 Å². The molecule has 0 nitrogen and oxygen atoms in total. The molecule has 14 heavy (non-hydrogen) atoms. The second-order valence-corrected chi connectivity index (χ2v) is 5.19. The molecule has 0 N–H and O–H groups in total. The van der Waals surface area contributed by atoms with E-state index in [9.17, 15) is 0 Å². The number of hydrogen-bond donors (Lipinski definition) is 0. The molecule has 0 aliphatic heterocycles. The smallest absolute Gasteiger partial charge is 0.0477 e. The second-order valence-electron chi connectivity index (χ2n) is 3.16. The normalized spacial score (nSPS) is 11.1. The zero-order valence-corrected chi connectivity index (χ0v) is 10.5. The van der Waals surface area contributed by atoms with Gasteiger partial charge in [0, 0.05) is 20.9 Å². The number of thiophene rings is 1. The highest BCUT2D eigenvalue weighted by Gasteiger charge is 2.09. The van der Waals surface area contributed by atoms with Crippen molar-refractivity contribution in [3.8, 4) is 0 Å². The molecule has 2 rings (SSSR count). The fourth-order valence-electron chi connectivity index (χ4n) is 1.64. The zero-order chi connectivity index (χ0) is 10.1. The topological polar surface area (TPSA) is 0 Å². The van der Waals surface area contributed by atoms with Crippen LogP contribution in [-0.2, 0) is 5.88 Å². The van der Waals surface area contributed by atoms with Gasteiger partial charge in [-0.3, -0.25) is 0 Å². The van der Waals surface area contributed by atoms with Gasteiger partial charge in [0.15, 0.2) is 0 Å². The Morgan fingerprint density at radius 3 is 2.93 bits per heavy atom. The summed E-state index contributed by atoms with van der Waals surface area (Å²) in [6.07, 6.45) is 2.12. The van der Waals surface area contributed by atoms with Crippen LogP contribution >= 0.6 is 34.7 Å². The Morgan fingerprint density at radius 2 is 2.29 bits per heavy atom. The van der Waals surface area contributed by atoms with Gasteiger partial charge in [-0.05, 0) is 41.8 Å². The first kappa shape index (κ1) is 10.3. The van der Waals surface area contributed by atoms with Crippen LogP contribution in [0.3, 0.4) is 0 Å². The van der Waals surface area contributed by atoms with Gasteiger partial charge in [0.2, 0.25) is 0 Å². The summed E-state index contributed by atoms with van der Waals surface area (Å²) in [5, 5.41) is 3.51. The van der Waals surface area contributed by atoms with E-state index >= 15 is 0 Å². The van der Waals surface area contributed by atoms with E-state index in [4.69, 9.17) is 11.6 Å². The fourth-order valence-corrected chi connectivity index (χ4v) is 3.67. The van der Waals surface area contributed by atoms with Crippen LogP contribution in [0.4, 0.5) is 0 Å². The number of benzene rings is 1. The molecule has 0 aliphatic carbocycles. The Kier molecular flexibility index (Phi) is 3.05. The molecule has 0 unspecified atom stereocenters. The van der Waals surface area contributed by atoms with Crippen molar-refractivity contribution >= 4 is 44.8 Å². The number of rotatable bonds is 2. The Balaban J connectivity index is 2.80. The average Bonchev–Trinajstić information content (AvgIpc) is 2.64. The van der Waals surface area contributed by atoms with Crippen LogP contribution < -0.4 is 0 Å². The van der Waals surface area contributed by atoms with Crippen LogP contribution in [0.5, 0.6) is 0 Å². The molecule has 0 bridgehead atoms. The van der Waals surface area contributed by atoms with E-state index < -0.39 is 0 Å². The molecule has 74 valence electrons. The molecule has 0 saturated heterocycles. The first-order valence-electron chi connectivity index (χ1n) is 4.37. The van der Waals surface area contributed by atoms with Crippen molar-refractivity contribution < 1.29 is 0 Å². The van der Waals surface area contributed by atoms with E-state index in [1.165, 1.54) is 26.1 Å². The van der Waals surface area contributed by atoms with Crippen LogP contribution in [0.15, 0.2) is 22.4 Å². The number of halogens is 1. The third-order valence-corrected chi connectivity index (χ3v) is 4.50. The van der Waals surface area contributed by atoms with Gasteiger partial charge < -0.3 is 0 Å². The lowest BCUT2D eigenvalue weighted by Gasteiger charge is -2.09. The van der Waals surface area contributed by atoms with E-state index in [0.717, 1.165) is 0 Å². The molecule has 0 fully saturated rings. The maximum Gasteiger partial charge on any atom is 0.0477 e. The third-order valence-electron chi connectivity index (χ3n) is 2.42. The fraction of sp³-hybridized carbons (Fsp3) is 0.273. The molecular weight excluding hydrogens is 232 g/mol. The number of hydrogen-bond acceptors (Lipinski definition) is 2. The summed E-state index contributed by atoms with van der Waals surface area (Å²) in [6.45, 7) is 2.15. The van der Waals surface area contributed by atoms with Crippen molar-refractivity contribution in [1.82, 2.24) is 0 Å². The van der Waals surface area contributed by atoms with Crippen LogP contribution in [0.2, 0.25) is 0 Å². The molecule has 0 aliphatic rings. The van der Waals surface area contributed by atoms with Gasteiger partial charge in [-0.15, -0.1) is 34.7 Å². The van der Waals surface area contributed by atoms with Crippen molar-refractivity contribution in [3.63, 3.8) is 0 Å². The predicted octanol–water partition coefficient (Wildman–Crippen LogP) is 4.67. The minimum atomic E-state index is 0.604. The standard InChI is InChI=1S/C11H11ClS2/c1-7-8(6-12)5-10-9(3-4-14-10)11(7)13-2/h3-5H,6H2,1-2H3. The largest absolute Gasteiger partial charge is 0.144 e. The maximum absolute atomic E-state index is 5.92. The lowest BCUT2D eigenvalue weighted by molar-refractivity contribution is 1.25. The molecule has 1 aromatic heterocycles. The maximum atomic E-state index is 5.92. The minimum Gasteiger partial charge on any atom is -0.144 e. The molecule has 0 atom stereocenters. The summed E-state index contributed by atoms with van der Waals surface area (Å²) in [5.74, 6) is 0.604. The SMILES string of the molecule is CSc1c(C)c(CCl)cc2sccc12. The molecule has 2 aromatic rings. The summed E-state index contributed by atoms with van der Waals surface area (Å²) in [4.78, 5) is 1.37. The second kappa shape index (κ2) is 4.13. The van der Waals surface area contributed by atoms with Crippen LogP contribution in [0, 0.1) is 6.92 Å². The lowest BCUT2D eigenvalue weighted by Crippen LogP contribution is -1.88. The lowest BCUT2D eigenvalue weighted by atomic mass is 10.1. The number of thioether (sulfide) groups is 1. The molecule has 3 heteroatoms. The molecule has 0 spiro atoms. The third kappa shape index (κ3) is 1.56. The Morgan fingerprint density at radius 1 is 1.50 bits per heavy atom. The van der Waals surface area contributed by atoms with Crippen molar-refractivity contribution in [3.05, 3.63) is 28.6 Å². The number of fused-ring (bicyclic) bond motifs is 1. The molecular formula is C11H11ClS2. The molecule has 0 radical (unpaired) electrons. The average molecular weight is 243 g/mol. The predicted molar refractivity (Wildman–Crippen MR) is 67.9 cm³/mol. The van der Waals surface area contributed by atoms with Crippen molar-refractivity contribution in [1.29, 1.82) is 0 Å². The van der Waals surface area contributed by atoms with Gasteiger partial charge in [0.05, 0.1) is 0 Å². The highest BCUT2D eigenvalue weighted by Crippen LogP contribution is 2.35. The van der Waals surface area contributed by atoms with Crippen molar-refractivity contribution in [2.45, 2.75) is 17.7 Å². The van der Waals surface area contributed by atoms with E-state index in [-0.39, 0.29) is 0 Å². The van der Waals surface area contributed by atoms with Gasteiger partial charge >= 0.3 is 0 Å². The van der Waals surface area contributed by atoms with E-state index in [1.807, 2.05) is 11.8 Å². The van der Waals surface area contributed by atoms with Crippen molar-refractivity contribution in [2.24, 2.45) is 0 Å². The first-order valence-corrected chi connectivity index (χ1v) is 7.01. The van der Waals surface area contributed by atoms with Crippen molar-refractivity contribution in [2.75, 3.05) is 6.26 Å². The minimum absolute atomic E-state index is 0.604. The Hall–Kier alpha value is -0.180. The monoisotopic (exact) mass is 242 g/mol. The molecule has 1 aromatic carbocycles. The van der Waals surface area contributed by atoms with Gasteiger partial charge in [-0.1, -0.05) is 0 Å². The summed E-state index contributed by atoms with van der Waals surface area (Å²) in [7, 11) is 0. The van der Waals surface area contributed by atoms with E-state index in [0.29, 0.717) is 5.88 Å². The van der Waals surface area contributed by atoms with Crippen LogP contribution in [-0.4, -0.2) is 6.26 Å². The Labute approximate surface area is 97.3 Å². The first-order chi connectivity index (χ1) is 6.77. The highest BCUT2D eigenvalue weighted by molar-refractivity contribution is 7.98. The summed E-state index contributed by atoms with van der Waals surface area (Å²) in [6, 6.07) is 4.40. The molecule has 0 amide bonds. The zero-order valence-electron chi connectivity index (χ0n) is 8.13. The van der Waals surface area contributed by atoms with Crippen LogP contribution in [0.1, 0.15) is 11.1 Å². The van der Waals surface area contributed by atoms with Gasteiger partial charge in [0.25, 0.3) is 0 Å². The molecule has 1 heterocycles. The van der Waals surface area contributed by atoms with E-state index in [2.05, 4.69) is 30.7 Å². The van der Waals surface area contributed by atoms with Crippen LogP contribution in [0.25, 0.3) is 10.1 Å². The number of alkyl halides is 1. The molecule has 0 saturated carbocycles. The van der Waals surface area contributed by atoms with Gasteiger partial charge in [-0.2, -0.15) is 0 Å². The van der Waals surface area contributed by atoms with Gasteiger partial charge in [-0.25, -0.2) is 0 Å². The highest BCUT2D eigenvalue weighted by atomic mass is 35.5. The summed E-state index contributed by atoms with van der Waals surface area (Å²) < 4.78 is 1.34. The Bertz CT molecular complexity index is 460. The summed E-state index contributed by atoms with van der Waals surface area (Å²) in [5.41, 5.74) is 2.59. The summed E-state index contributed by atoms with van der Waals surface area (Å²) >= 11 is 9.51. The van der Waals surface area contributed by atoms with Gasteiger partial charge in [0.1, 0.15) is 0 Å². The quantitative estimate of drug-likeness (QED) is 0.545.